The zero-order valence-corrected chi connectivity index (χ0v) is 7.99. The van der Waals surface area contributed by atoms with Crippen molar-refractivity contribution in [2.24, 2.45) is 11.1 Å². The van der Waals surface area contributed by atoms with Crippen LogP contribution in [0.25, 0.3) is 0 Å². The van der Waals surface area contributed by atoms with Crippen LogP contribution in [-0.4, -0.2) is 23.7 Å². The highest BCUT2D eigenvalue weighted by molar-refractivity contribution is 7.13. The first-order chi connectivity index (χ1) is 5.04. The third-order valence-corrected chi connectivity index (χ3v) is 3.01. The molecule has 64 valence electrons. The van der Waals surface area contributed by atoms with Gasteiger partial charge in [-0.25, -0.2) is 0 Å². The maximum Gasteiger partial charge on any atom is 0.223 e. The number of amides is 1. The Labute approximate surface area is 69.6 Å². The fraction of sp³-hybridized carbons (Fsp3) is 0.857. The highest BCUT2D eigenvalue weighted by Gasteiger charge is 2.33. The molecule has 1 amide bonds. The van der Waals surface area contributed by atoms with Crippen molar-refractivity contribution in [3.05, 3.63) is 0 Å². The Kier molecular flexibility index (Phi) is 2.50. The van der Waals surface area contributed by atoms with Crippen molar-refractivity contribution < 1.29 is 4.79 Å². The predicted octanol–water partition coefficient (Wildman–Crippen LogP) is 0.364. The van der Waals surface area contributed by atoms with Crippen molar-refractivity contribution in [3.8, 4) is 0 Å². The van der Waals surface area contributed by atoms with Crippen molar-refractivity contribution in [3.63, 3.8) is 0 Å². The van der Waals surface area contributed by atoms with Gasteiger partial charge in [0.15, 0.2) is 0 Å². The minimum absolute atomic E-state index is 0.157. The molecule has 1 heterocycles. The summed E-state index contributed by atoms with van der Waals surface area (Å²) in [5.74, 6) is -0.157. The second kappa shape index (κ2) is 3.08. The highest BCUT2D eigenvalue weighted by atomic mass is 31.0. The van der Waals surface area contributed by atoms with E-state index in [0.29, 0.717) is 0 Å². The minimum atomic E-state index is -0.257. The highest BCUT2D eigenvalue weighted by Crippen LogP contribution is 2.31. The molecule has 0 bridgehead atoms. The van der Waals surface area contributed by atoms with E-state index in [0.717, 1.165) is 25.9 Å². The van der Waals surface area contributed by atoms with Crippen molar-refractivity contribution in [2.45, 2.75) is 19.8 Å². The van der Waals surface area contributed by atoms with Crippen LogP contribution in [0.2, 0.25) is 0 Å². The molecule has 0 aromatic carbocycles. The lowest BCUT2D eigenvalue weighted by Crippen LogP contribution is -2.42. The van der Waals surface area contributed by atoms with Gasteiger partial charge >= 0.3 is 0 Å². The molecule has 0 spiro atoms. The van der Waals surface area contributed by atoms with Gasteiger partial charge in [-0.2, -0.15) is 0 Å². The van der Waals surface area contributed by atoms with Gasteiger partial charge in [0, 0.05) is 18.5 Å². The molecular formula is C7H15N2OP. The first kappa shape index (κ1) is 8.95. The number of piperidine rings is 1. The second-order valence-corrected chi connectivity index (χ2v) is 4.19. The van der Waals surface area contributed by atoms with Crippen LogP contribution < -0.4 is 5.73 Å². The standard InChI is InChI=1S/C7H15N2OP/c1-7(6(8)10)2-4-9(11)5-3-7/h2-5,11H2,1H3,(H2,8,10). The topological polar surface area (TPSA) is 46.3 Å². The van der Waals surface area contributed by atoms with Gasteiger partial charge in [0.25, 0.3) is 0 Å². The fourth-order valence-corrected chi connectivity index (χ4v) is 1.52. The number of hydrogen-bond acceptors (Lipinski definition) is 2. The van der Waals surface area contributed by atoms with Gasteiger partial charge in [-0.3, -0.25) is 9.46 Å². The smallest absolute Gasteiger partial charge is 0.223 e. The minimum Gasteiger partial charge on any atom is -0.369 e. The number of rotatable bonds is 1. The van der Waals surface area contributed by atoms with Crippen LogP contribution in [0.3, 0.4) is 0 Å². The summed E-state index contributed by atoms with van der Waals surface area (Å²) >= 11 is 0. The number of carbonyl (C=O) groups is 1. The molecule has 1 unspecified atom stereocenters. The summed E-state index contributed by atoms with van der Waals surface area (Å²) in [5.41, 5.74) is 5.03. The monoisotopic (exact) mass is 174 g/mol. The number of nitrogens with two attached hydrogens (primary N) is 1. The zero-order chi connectivity index (χ0) is 8.48. The van der Waals surface area contributed by atoms with E-state index in [9.17, 15) is 4.79 Å². The van der Waals surface area contributed by atoms with E-state index in [1.165, 1.54) is 0 Å². The van der Waals surface area contributed by atoms with Crippen LogP contribution in [0, 0.1) is 5.41 Å². The normalized spacial score (nSPS) is 24.9. The van der Waals surface area contributed by atoms with Crippen molar-refractivity contribution in [2.75, 3.05) is 13.1 Å². The zero-order valence-electron chi connectivity index (χ0n) is 6.84. The third-order valence-electron chi connectivity index (χ3n) is 2.50. The van der Waals surface area contributed by atoms with E-state index in [1.807, 2.05) is 6.92 Å². The summed E-state index contributed by atoms with van der Waals surface area (Å²) in [5, 5.41) is 0. The Morgan fingerprint density at radius 1 is 1.55 bits per heavy atom. The Morgan fingerprint density at radius 3 is 2.36 bits per heavy atom. The number of nitrogens with zero attached hydrogens (tertiary/aromatic N) is 1. The molecule has 4 heteroatoms. The first-order valence-electron chi connectivity index (χ1n) is 3.84. The summed E-state index contributed by atoms with van der Waals surface area (Å²) in [4.78, 5) is 11.0. The SMILES string of the molecule is CC1(C(N)=O)CCN(P)CC1. The van der Waals surface area contributed by atoms with Gasteiger partial charge in [-0.05, 0) is 12.8 Å². The molecule has 11 heavy (non-hydrogen) atoms. The van der Waals surface area contributed by atoms with Crippen molar-refractivity contribution >= 4 is 15.3 Å². The van der Waals surface area contributed by atoms with Crippen LogP contribution in [0.15, 0.2) is 0 Å². The molecule has 0 aliphatic carbocycles. The Bertz CT molecular complexity index is 164. The van der Waals surface area contributed by atoms with E-state index in [2.05, 4.69) is 14.1 Å². The van der Waals surface area contributed by atoms with E-state index < -0.39 is 0 Å². The van der Waals surface area contributed by atoms with Gasteiger partial charge in [0.05, 0.1) is 0 Å². The number of hydrogen-bond donors (Lipinski definition) is 1. The molecule has 0 saturated carbocycles. The van der Waals surface area contributed by atoms with Crippen LogP contribution >= 0.6 is 9.39 Å². The Hall–Kier alpha value is -0.140. The van der Waals surface area contributed by atoms with Gasteiger partial charge in [-0.1, -0.05) is 16.3 Å². The lowest BCUT2D eigenvalue weighted by molar-refractivity contribution is -0.128. The largest absolute Gasteiger partial charge is 0.369 e. The Morgan fingerprint density at radius 2 is 2.00 bits per heavy atom. The molecule has 1 aliphatic rings. The molecule has 1 atom stereocenters. The average Bonchev–Trinajstić information content (AvgIpc) is 1.95. The van der Waals surface area contributed by atoms with Crippen molar-refractivity contribution in [1.29, 1.82) is 0 Å². The fourth-order valence-electron chi connectivity index (χ4n) is 1.26. The lowest BCUT2D eigenvalue weighted by atomic mass is 9.80. The van der Waals surface area contributed by atoms with Crippen molar-refractivity contribution in [1.82, 2.24) is 4.67 Å². The van der Waals surface area contributed by atoms with E-state index in [1.54, 1.807) is 0 Å². The lowest BCUT2D eigenvalue weighted by Gasteiger charge is -2.34. The summed E-state index contributed by atoms with van der Waals surface area (Å²) in [6.07, 6.45) is 1.76. The summed E-state index contributed by atoms with van der Waals surface area (Å²) in [6, 6.07) is 0. The van der Waals surface area contributed by atoms with Gasteiger partial charge in [0.1, 0.15) is 0 Å². The molecule has 1 fully saturated rings. The summed E-state index contributed by atoms with van der Waals surface area (Å²) in [6.45, 7) is 3.85. The summed E-state index contributed by atoms with van der Waals surface area (Å²) < 4.78 is 2.14. The molecule has 0 aromatic rings. The molecule has 3 nitrogen and oxygen atoms in total. The number of primary amides is 1. The molecule has 1 saturated heterocycles. The van der Waals surface area contributed by atoms with Gasteiger partial charge in [0.2, 0.25) is 5.91 Å². The predicted molar refractivity (Wildman–Crippen MR) is 47.8 cm³/mol. The maximum atomic E-state index is 11.0. The average molecular weight is 174 g/mol. The first-order valence-corrected chi connectivity index (χ1v) is 4.36. The van der Waals surface area contributed by atoms with Crippen LogP contribution in [0.5, 0.6) is 0 Å². The number of carbonyl (C=O) groups excluding carboxylic acids is 1. The van der Waals surface area contributed by atoms with Gasteiger partial charge in [-0.15, -0.1) is 0 Å². The molecule has 2 N–H and O–H groups in total. The maximum absolute atomic E-state index is 11.0. The van der Waals surface area contributed by atoms with Crippen LogP contribution in [-0.2, 0) is 4.79 Å². The molecule has 0 radical (unpaired) electrons. The third kappa shape index (κ3) is 1.91. The molecule has 1 rings (SSSR count). The Balaban J connectivity index is 2.55. The quantitative estimate of drug-likeness (QED) is 0.583. The van der Waals surface area contributed by atoms with E-state index in [4.69, 9.17) is 5.73 Å². The van der Waals surface area contributed by atoms with Crippen LogP contribution in [0.4, 0.5) is 0 Å². The van der Waals surface area contributed by atoms with E-state index >= 15 is 0 Å². The second-order valence-electron chi connectivity index (χ2n) is 3.46. The molecule has 0 aromatic heterocycles. The van der Waals surface area contributed by atoms with E-state index in [-0.39, 0.29) is 11.3 Å². The van der Waals surface area contributed by atoms with Crippen LogP contribution in [0.1, 0.15) is 19.8 Å². The molecule has 1 aliphatic heterocycles. The molecular weight excluding hydrogens is 159 g/mol. The summed E-state index contributed by atoms with van der Waals surface area (Å²) in [7, 11) is 2.65. The van der Waals surface area contributed by atoms with Gasteiger partial charge < -0.3 is 5.73 Å².